The van der Waals surface area contributed by atoms with E-state index in [1.165, 1.54) is 0 Å². The van der Waals surface area contributed by atoms with Crippen LogP contribution in [0.4, 0.5) is 4.79 Å². The molecule has 0 bridgehead atoms. The third-order valence-corrected chi connectivity index (χ3v) is 7.34. The molecule has 0 aliphatic carbocycles. The molecule has 1 saturated heterocycles. The number of hydrogen-bond acceptors (Lipinski definition) is 8. The number of nitrogens with zero attached hydrogens (tertiary/aromatic N) is 1. The van der Waals surface area contributed by atoms with Gasteiger partial charge in [-0.05, 0) is 63.1 Å². The molecule has 0 saturated carbocycles. The van der Waals surface area contributed by atoms with Gasteiger partial charge in [-0.1, -0.05) is 48.5 Å². The van der Waals surface area contributed by atoms with Crippen molar-refractivity contribution < 1.29 is 33.3 Å². The van der Waals surface area contributed by atoms with Gasteiger partial charge in [0.15, 0.2) is 17.2 Å². The van der Waals surface area contributed by atoms with Crippen LogP contribution in [-0.4, -0.2) is 43.0 Å². The van der Waals surface area contributed by atoms with E-state index in [0.29, 0.717) is 22.8 Å². The molecule has 2 heterocycles. The number of carbonyl (C=O) groups excluding carboxylic acids is 2. The number of methoxy groups -OCH3 is 1. The van der Waals surface area contributed by atoms with E-state index in [1.54, 1.807) is 31.1 Å². The van der Waals surface area contributed by atoms with E-state index in [2.05, 4.69) is 0 Å². The zero-order valence-electron chi connectivity index (χ0n) is 24.0. The number of fused-ring (bicyclic) bond motifs is 1. The average molecular weight is 561 g/mol. The summed E-state index contributed by atoms with van der Waals surface area (Å²) in [5, 5.41) is 0. The standard InChI is InChI=1S/C32H36N2O7/c1-31(2,3)41-30(36)34-18-24(21-13-16-25-26(17-21)39-19-38-25)27(28(34)20-11-14-23(37-5)15-12-20)29(35)40-32(4,33)22-9-7-6-8-10-22/h6-17,24,27-28H,18-19,33H2,1-5H3/t24-,27-,28+,32-/m1/s1. The maximum atomic E-state index is 14.3. The van der Waals surface area contributed by atoms with Crippen LogP contribution in [0, 0.1) is 5.92 Å². The summed E-state index contributed by atoms with van der Waals surface area (Å²) >= 11 is 0. The largest absolute Gasteiger partial charge is 0.497 e. The van der Waals surface area contributed by atoms with Crippen molar-refractivity contribution in [3.8, 4) is 17.2 Å². The van der Waals surface area contributed by atoms with Gasteiger partial charge in [-0.2, -0.15) is 0 Å². The van der Waals surface area contributed by atoms with Crippen molar-refractivity contribution >= 4 is 12.1 Å². The number of benzene rings is 3. The van der Waals surface area contributed by atoms with E-state index in [9.17, 15) is 9.59 Å². The summed E-state index contributed by atoms with van der Waals surface area (Å²) in [6, 6.07) is 21.3. The molecule has 1 fully saturated rings. The smallest absolute Gasteiger partial charge is 0.410 e. The normalized spacial score (nSPS) is 21.2. The fraction of sp³-hybridized carbons (Fsp3) is 0.375. The maximum Gasteiger partial charge on any atom is 0.410 e. The molecule has 2 aliphatic rings. The van der Waals surface area contributed by atoms with Gasteiger partial charge in [0, 0.05) is 18.0 Å². The monoisotopic (exact) mass is 560 g/mol. The second-order valence-corrected chi connectivity index (χ2v) is 11.5. The van der Waals surface area contributed by atoms with E-state index < -0.39 is 41.3 Å². The van der Waals surface area contributed by atoms with Crippen LogP contribution in [0.3, 0.4) is 0 Å². The van der Waals surface area contributed by atoms with Crippen LogP contribution in [-0.2, 0) is 20.0 Å². The topological polar surface area (TPSA) is 110 Å². The predicted molar refractivity (Wildman–Crippen MR) is 152 cm³/mol. The molecule has 2 N–H and O–H groups in total. The van der Waals surface area contributed by atoms with E-state index in [1.807, 2.05) is 81.4 Å². The van der Waals surface area contributed by atoms with Crippen molar-refractivity contribution in [1.29, 1.82) is 0 Å². The van der Waals surface area contributed by atoms with Gasteiger partial charge in [0.2, 0.25) is 6.79 Å². The molecular formula is C32H36N2O7. The number of rotatable bonds is 6. The fourth-order valence-corrected chi connectivity index (χ4v) is 5.40. The summed E-state index contributed by atoms with van der Waals surface area (Å²) in [7, 11) is 1.58. The Morgan fingerprint density at radius 1 is 0.878 bits per heavy atom. The van der Waals surface area contributed by atoms with Crippen molar-refractivity contribution in [1.82, 2.24) is 4.90 Å². The lowest BCUT2D eigenvalue weighted by Crippen LogP contribution is -2.42. The molecule has 9 heteroatoms. The van der Waals surface area contributed by atoms with Crippen LogP contribution in [0.1, 0.15) is 56.3 Å². The predicted octanol–water partition coefficient (Wildman–Crippen LogP) is 5.49. The summed E-state index contributed by atoms with van der Waals surface area (Å²) in [6.45, 7) is 7.41. The lowest BCUT2D eigenvalue weighted by molar-refractivity contribution is -0.165. The van der Waals surface area contributed by atoms with Crippen LogP contribution >= 0.6 is 0 Å². The molecule has 0 aromatic heterocycles. The Bertz CT molecular complexity index is 1400. The van der Waals surface area contributed by atoms with Crippen molar-refractivity contribution in [2.75, 3.05) is 20.4 Å². The third kappa shape index (κ3) is 5.95. The van der Waals surface area contributed by atoms with Crippen LogP contribution < -0.4 is 19.9 Å². The Hall–Kier alpha value is -4.24. The van der Waals surface area contributed by atoms with Crippen molar-refractivity contribution in [3.05, 3.63) is 89.5 Å². The summed E-state index contributed by atoms with van der Waals surface area (Å²) < 4.78 is 28.4. The minimum absolute atomic E-state index is 0.121. The third-order valence-electron chi connectivity index (χ3n) is 7.34. The molecule has 3 aromatic rings. The number of esters is 1. The zero-order chi connectivity index (χ0) is 29.4. The number of ether oxygens (including phenoxy) is 5. The molecule has 0 unspecified atom stereocenters. The minimum Gasteiger partial charge on any atom is -0.497 e. The molecule has 0 radical (unpaired) electrons. The lowest BCUT2D eigenvalue weighted by Gasteiger charge is -2.32. The molecule has 0 spiro atoms. The van der Waals surface area contributed by atoms with Crippen molar-refractivity contribution in [2.24, 2.45) is 11.7 Å². The van der Waals surface area contributed by atoms with Crippen LogP contribution in [0.25, 0.3) is 0 Å². The second-order valence-electron chi connectivity index (χ2n) is 11.5. The highest BCUT2D eigenvalue weighted by Crippen LogP contribution is 2.49. The highest BCUT2D eigenvalue weighted by atomic mass is 16.7. The number of amides is 1. The molecule has 4 atom stereocenters. The summed E-state index contributed by atoms with van der Waals surface area (Å²) in [5.74, 6) is 0.0551. The number of likely N-dealkylation sites (tertiary alicyclic amines) is 1. The minimum atomic E-state index is -1.40. The van der Waals surface area contributed by atoms with Crippen LogP contribution in [0.5, 0.6) is 17.2 Å². The van der Waals surface area contributed by atoms with E-state index in [4.69, 9.17) is 29.4 Å². The first-order valence-corrected chi connectivity index (χ1v) is 13.6. The van der Waals surface area contributed by atoms with E-state index in [-0.39, 0.29) is 13.3 Å². The fourth-order valence-electron chi connectivity index (χ4n) is 5.40. The van der Waals surface area contributed by atoms with Crippen molar-refractivity contribution in [3.63, 3.8) is 0 Å². The zero-order valence-corrected chi connectivity index (χ0v) is 24.0. The Kier molecular flexibility index (Phi) is 7.57. The molecule has 1 amide bonds. The Morgan fingerprint density at radius 3 is 2.20 bits per heavy atom. The number of carbonyl (C=O) groups is 2. The maximum absolute atomic E-state index is 14.3. The van der Waals surface area contributed by atoms with Gasteiger partial charge >= 0.3 is 12.1 Å². The molecule has 2 aliphatic heterocycles. The van der Waals surface area contributed by atoms with Gasteiger partial charge in [0.25, 0.3) is 0 Å². The van der Waals surface area contributed by atoms with E-state index >= 15 is 0 Å². The number of hydrogen-bond donors (Lipinski definition) is 1. The van der Waals surface area contributed by atoms with Gasteiger partial charge in [0.05, 0.1) is 19.1 Å². The first-order chi connectivity index (χ1) is 19.5. The number of nitrogens with two attached hydrogens (primary N) is 1. The molecule has 216 valence electrons. The summed E-state index contributed by atoms with van der Waals surface area (Å²) in [5.41, 5.74) is 6.61. The quantitative estimate of drug-likeness (QED) is 0.311. The van der Waals surface area contributed by atoms with Crippen molar-refractivity contribution in [2.45, 2.75) is 51.0 Å². The second kappa shape index (κ2) is 11.0. The van der Waals surface area contributed by atoms with E-state index in [0.717, 1.165) is 11.1 Å². The van der Waals surface area contributed by atoms with Crippen LogP contribution in [0.15, 0.2) is 72.8 Å². The van der Waals surface area contributed by atoms with Gasteiger partial charge in [-0.15, -0.1) is 0 Å². The van der Waals surface area contributed by atoms with Gasteiger partial charge in [-0.25, -0.2) is 4.79 Å². The summed E-state index contributed by atoms with van der Waals surface area (Å²) in [6.07, 6.45) is -0.530. The van der Waals surface area contributed by atoms with Gasteiger partial charge < -0.3 is 23.7 Å². The molecular weight excluding hydrogens is 524 g/mol. The Morgan fingerprint density at radius 2 is 1.54 bits per heavy atom. The molecule has 41 heavy (non-hydrogen) atoms. The SMILES string of the molecule is COc1ccc([C@H]2[C@H](C(=O)O[C@@](C)(N)c3ccccc3)[C@@H](c3ccc4c(c3)OCO4)CN2C(=O)OC(C)(C)C)cc1. The van der Waals surface area contributed by atoms with Crippen LogP contribution in [0.2, 0.25) is 0 Å². The average Bonchev–Trinajstić information content (AvgIpc) is 3.57. The highest BCUT2D eigenvalue weighted by Gasteiger charge is 2.52. The lowest BCUT2D eigenvalue weighted by atomic mass is 9.82. The molecule has 9 nitrogen and oxygen atoms in total. The molecule has 5 rings (SSSR count). The van der Waals surface area contributed by atoms with Gasteiger partial charge in [-0.3, -0.25) is 15.4 Å². The molecule has 3 aromatic carbocycles. The Balaban J connectivity index is 1.60. The Labute approximate surface area is 240 Å². The first kappa shape index (κ1) is 28.3. The first-order valence-electron chi connectivity index (χ1n) is 13.6. The summed E-state index contributed by atoms with van der Waals surface area (Å²) in [4.78, 5) is 29.5. The van der Waals surface area contributed by atoms with Gasteiger partial charge in [0.1, 0.15) is 11.4 Å². The highest BCUT2D eigenvalue weighted by molar-refractivity contribution is 5.79.